The van der Waals surface area contributed by atoms with E-state index in [2.05, 4.69) is 10.3 Å². The molecule has 4 unspecified atom stereocenters. The molecule has 0 saturated heterocycles. The van der Waals surface area contributed by atoms with E-state index in [4.69, 9.17) is 0 Å². The molecule has 1 heterocycles. The van der Waals surface area contributed by atoms with E-state index in [-0.39, 0.29) is 17.9 Å². The molecule has 4 atom stereocenters. The number of hydrogen-bond acceptors (Lipinski definition) is 4. The van der Waals surface area contributed by atoms with Gasteiger partial charge in [0.1, 0.15) is 5.01 Å². The zero-order valence-corrected chi connectivity index (χ0v) is 12.7. The molecule has 0 aliphatic heterocycles. The molecule has 0 bridgehead atoms. The Hall–Kier alpha value is -1.43. The van der Waals surface area contributed by atoms with Crippen LogP contribution in [0.4, 0.5) is 0 Å². The number of amides is 1. The molecule has 1 aromatic rings. The SMILES string of the molecule is Cc1csc(C(C)NC(=O)C2CC(C)CC2C(=O)O)n1. The summed E-state index contributed by atoms with van der Waals surface area (Å²) in [7, 11) is 0. The number of thiazole rings is 1. The van der Waals surface area contributed by atoms with Crippen LogP contribution < -0.4 is 5.32 Å². The van der Waals surface area contributed by atoms with Gasteiger partial charge in [-0.1, -0.05) is 6.92 Å². The van der Waals surface area contributed by atoms with Crippen LogP contribution in [0.25, 0.3) is 0 Å². The predicted molar refractivity (Wildman–Crippen MR) is 76.4 cm³/mol. The molecule has 1 fully saturated rings. The van der Waals surface area contributed by atoms with Crippen LogP contribution in [0.2, 0.25) is 0 Å². The Labute approximate surface area is 122 Å². The van der Waals surface area contributed by atoms with Gasteiger partial charge in [-0.15, -0.1) is 11.3 Å². The highest BCUT2D eigenvalue weighted by molar-refractivity contribution is 7.09. The van der Waals surface area contributed by atoms with E-state index < -0.39 is 17.8 Å². The van der Waals surface area contributed by atoms with Gasteiger partial charge in [0.2, 0.25) is 5.91 Å². The summed E-state index contributed by atoms with van der Waals surface area (Å²) in [6.07, 6.45) is 1.23. The number of nitrogens with zero attached hydrogens (tertiary/aromatic N) is 1. The Balaban J connectivity index is 2.02. The fourth-order valence-corrected chi connectivity index (χ4v) is 3.61. The van der Waals surface area contributed by atoms with E-state index in [9.17, 15) is 14.7 Å². The van der Waals surface area contributed by atoms with Gasteiger partial charge in [0.15, 0.2) is 0 Å². The lowest BCUT2D eigenvalue weighted by Gasteiger charge is -2.18. The van der Waals surface area contributed by atoms with Crippen LogP contribution >= 0.6 is 11.3 Å². The molecular weight excluding hydrogens is 276 g/mol. The van der Waals surface area contributed by atoms with Gasteiger partial charge in [-0.05, 0) is 32.6 Å². The second kappa shape index (κ2) is 5.91. The minimum Gasteiger partial charge on any atom is -0.481 e. The first-order valence-electron chi connectivity index (χ1n) is 6.83. The lowest BCUT2D eigenvalue weighted by molar-refractivity contribution is -0.146. The lowest BCUT2D eigenvalue weighted by Crippen LogP contribution is -2.36. The first-order valence-corrected chi connectivity index (χ1v) is 7.71. The Morgan fingerprint density at radius 3 is 2.65 bits per heavy atom. The van der Waals surface area contributed by atoms with Crippen LogP contribution in [0.5, 0.6) is 0 Å². The number of carboxylic acids is 1. The zero-order chi connectivity index (χ0) is 14.9. The molecule has 0 radical (unpaired) electrons. The Bertz CT molecular complexity index is 514. The number of carbonyl (C=O) groups is 2. The molecule has 2 rings (SSSR count). The third-order valence-corrected chi connectivity index (χ3v) is 4.96. The van der Waals surface area contributed by atoms with Crippen LogP contribution in [-0.2, 0) is 9.59 Å². The quantitative estimate of drug-likeness (QED) is 0.894. The van der Waals surface area contributed by atoms with Gasteiger partial charge >= 0.3 is 5.97 Å². The van der Waals surface area contributed by atoms with Crippen molar-refractivity contribution in [2.75, 3.05) is 0 Å². The first kappa shape index (κ1) is 15.0. The number of hydrogen-bond donors (Lipinski definition) is 2. The Kier molecular flexibility index (Phi) is 4.42. The van der Waals surface area contributed by atoms with E-state index in [1.165, 1.54) is 11.3 Å². The van der Waals surface area contributed by atoms with Gasteiger partial charge in [-0.2, -0.15) is 0 Å². The molecule has 1 aliphatic carbocycles. The molecule has 0 spiro atoms. The molecular formula is C14H20N2O3S. The topological polar surface area (TPSA) is 79.3 Å². The molecule has 20 heavy (non-hydrogen) atoms. The van der Waals surface area contributed by atoms with Crippen LogP contribution in [0, 0.1) is 24.7 Å². The maximum absolute atomic E-state index is 12.3. The van der Waals surface area contributed by atoms with Gasteiger partial charge in [-0.3, -0.25) is 9.59 Å². The van der Waals surface area contributed by atoms with Gasteiger partial charge in [0.25, 0.3) is 0 Å². The highest BCUT2D eigenvalue weighted by Gasteiger charge is 2.41. The molecule has 1 aromatic heterocycles. The maximum atomic E-state index is 12.3. The van der Waals surface area contributed by atoms with Crippen LogP contribution in [0.3, 0.4) is 0 Å². The fourth-order valence-electron chi connectivity index (χ4n) is 2.81. The number of nitrogens with one attached hydrogen (secondary N) is 1. The van der Waals surface area contributed by atoms with E-state index >= 15 is 0 Å². The van der Waals surface area contributed by atoms with Crippen LogP contribution in [0.15, 0.2) is 5.38 Å². The smallest absolute Gasteiger partial charge is 0.307 e. The number of aliphatic carboxylic acids is 1. The molecule has 2 N–H and O–H groups in total. The minimum absolute atomic E-state index is 0.165. The average molecular weight is 296 g/mol. The standard InChI is InChI=1S/C14H20N2O3S/c1-7-4-10(11(5-7)14(18)19)12(17)16-9(3)13-15-8(2)6-20-13/h6-7,9-11H,4-5H2,1-3H3,(H,16,17)(H,18,19). The molecule has 1 aliphatic rings. The number of aryl methyl sites for hydroxylation is 1. The monoisotopic (exact) mass is 296 g/mol. The summed E-state index contributed by atoms with van der Waals surface area (Å²) in [6.45, 7) is 5.79. The Morgan fingerprint density at radius 1 is 1.45 bits per heavy atom. The van der Waals surface area contributed by atoms with Crippen molar-refractivity contribution in [1.29, 1.82) is 0 Å². The molecule has 0 aromatic carbocycles. The molecule has 1 amide bonds. The summed E-state index contributed by atoms with van der Waals surface area (Å²) in [4.78, 5) is 27.9. The number of carboxylic acid groups (broad SMARTS) is 1. The third kappa shape index (κ3) is 3.17. The third-order valence-electron chi connectivity index (χ3n) is 3.82. The highest BCUT2D eigenvalue weighted by atomic mass is 32.1. The van der Waals surface area contributed by atoms with Crippen molar-refractivity contribution in [3.63, 3.8) is 0 Å². The second-order valence-electron chi connectivity index (χ2n) is 5.69. The number of carbonyl (C=O) groups excluding carboxylic acids is 1. The molecule has 110 valence electrons. The van der Waals surface area contributed by atoms with Gasteiger partial charge in [0, 0.05) is 11.1 Å². The molecule has 1 saturated carbocycles. The number of aromatic nitrogens is 1. The summed E-state index contributed by atoms with van der Waals surface area (Å²) in [5.41, 5.74) is 0.934. The van der Waals surface area contributed by atoms with Crippen molar-refractivity contribution in [3.05, 3.63) is 16.1 Å². The van der Waals surface area contributed by atoms with E-state index in [0.717, 1.165) is 10.7 Å². The van der Waals surface area contributed by atoms with Gasteiger partial charge < -0.3 is 10.4 Å². The van der Waals surface area contributed by atoms with Crippen molar-refractivity contribution in [1.82, 2.24) is 10.3 Å². The largest absolute Gasteiger partial charge is 0.481 e. The van der Waals surface area contributed by atoms with E-state index in [1.807, 2.05) is 26.2 Å². The number of rotatable bonds is 4. The van der Waals surface area contributed by atoms with Crippen LogP contribution in [-0.4, -0.2) is 22.0 Å². The lowest BCUT2D eigenvalue weighted by atomic mass is 9.95. The minimum atomic E-state index is -0.868. The Morgan fingerprint density at radius 2 is 2.10 bits per heavy atom. The molecule has 6 heteroatoms. The van der Waals surface area contributed by atoms with Crippen molar-refractivity contribution in [2.24, 2.45) is 17.8 Å². The summed E-state index contributed by atoms with van der Waals surface area (Å²) >= 11 is 1.51. The summed E-state index contributed by atoms with van der Waals surface area (Å²) in [6, 6.07) is -0.174. The van der Waals surface area contributed by atoms with Crippen molar-refractivity contribution < 1.29 is 14.7 Å². The van der Waals surface area contributed by atoms with Crippen molar-refractivity contribution >= 4 is 23.2 Å². The van der Waals surface area contributed by atoms with E-state index in [0.29, 0.717) is 12.8 Å². The first-order chi connectivity index (χ1) is 9.38. The van der Waals surface area contributed by atoms with Crippen LogP contribution in [0.1, 0.15) is 43.4 Å². The average Bonchev–Trinajstić information content (AvgIpc) is 2.95. The normalized spacial score (nSPS) is 27.2. The van der Waals surface area contributed by atoms with E-state index in [1.54, 1.807) is 0 Å². The van der Waals surface area contributed by atoms with Gasteiger partial charge in [-0.25, -0.2) is 4.98 Å². The predicted octanol–water partition coefficient (Wildman–Crippen LogP) is 2.38. The van der Waals surface area contributed by atoms with Crippen molar-refractivity contribution in [2.45, 2.75) is 39.7 Å². The molecule has 5 nitrogen and oxygen atoms in total. The van der Waals surface area contributed by atoms with Gasteiger partial charge in [0.05, 0.1) is 17.9 Å². The summed E-state index contributed by atoms with van der Waals surface area (Å²) in [5.74, 6) is -1.74. The zero-order valence-electron chi connectivity index (χ0n) is 11.9. The summed E-state index contributed by atoms with van der Waals surface area (Å²) in [5, 5.41) is 14.9. The van der Waals surface area contributed by atoms with Crippen molar-refractivity contribution in [3.8, 4) is 0 Å². The second-order valence-corrected chi connectivity index (χ2v) is 6.57. The fraction of sp³-hybridized carbons (Fsp3) is 0.643. The highest BCUT2D eigenvalue weighted by Crippen LogP contribution is 2.37. The maximum Gasteiger partial charge on any atom is 0.307 e. The summed E-state index contributed by atoms with van der Waals surface area (Å²) < 4.78 is 0.